The molecule has 2 heterocycles. The molecule has 0 amide bonds. The SMILES string of the molecule is COc1ccc(-c2csc3ncnc(NC[C@H](O)c4ccccc4)c23)cc1. The molecule has 27 heavy (non-hydrogen) atoms. The van der Waals surface area contributed by atoms with Gasteiger partial charge in [-0.1, -0.05) is 42.5 Å². The first-order chi connectivity index (χ1) is 13.3. The number of methoxy groups -OCH3 is 1. The van der Waals surface area contributed by atoms with E-state index in [1.54, 1.807) is 24.8 Å². The van der Waals surface area contributed by atoms with Gasteiger partial charge in [-0.2, -0.15) is 0 Å². The van der Waals surface area contributed by atoms with Gasteiger partial charge < -0.3 is 15.2 Å². The summed E-state index contributed by atoms with van der Waals surface area (Å²) >= 11 is 1.58. The van der Waals surface area contributed by atoms with Crippen molar-refractivity contribution in [2.24, 2.45) is 0 Å². The summed E-state index contributed by atoms with van der Waals surface area (Å²) < 4.78 is 5.24. The minimum Gasteiger partial charge on any atom is -0.497 e. The van der Waals surface area contributed by atoms with Gasteiger partial charge in [-0.3, -0.25) is 0 Å². The largest absolute Gasteiger partial charge is 0.497 e. The zero-order valence-corrected chi connectivity index (χ0v) is 15.6. The van der Waals surface area contributed by atoms with Gasteiger partial charge in [0.1, 0.15) is 22.7 Å². The summed E-state index contributed by atoms with van der Waals surface area (Å²) in [4.78, 5) is 9.71. The fraction of sp³-hybridized carbons (Fsp3) is 0.143. The lowest BCUT2D eigenvalue weighted by Crippen LogP contribution is -2.13. The average molecular weight is 377 g/mol. The Morgan fingerprint density at radius 2 is 1.85 bits per heavy atom. The first kappa shape index (κ1) is 17.5. The molecule has 0 unspecified atom stereocenters. The van der Waals surface area contributed by atoms with Crippen molar-refractivity contribution in [3.05, 3.63) is 71.9 Å². The van der Waals surface area contributed by atoms with Crippen molar-refractivity contribution in [3.8, 4) is 16.9 Å². The van der Waals surface area contributed by atoms with Crippen molar-refractivity contribution in [1.82, 2.24) is 9.97 Å². The van der Waals surface area contributed by atoms with Gasteiger partial charge in [-0.15, -0.1) is 11.3 Å². The molecule has 2 aromatic carbocycles. The van der Waals surface area contributed by atoms with Crippen LogP contribution in [0.15, 0.2) is 66.3 Å². The second-order valence-electron chi connectivity index (χ2n) is 6.09. The number of nitrogens with one attached hydrogen (secondary N) is 1. The first-order valence-electron chi connectivity index (χ1n) is 8.60. The minimum absolute atomic E-state index is 0.369. The van der Waals surface area contributed by atoms with Crippen LogP contribution in [0.3, 0.4) is 0 Å². The van der Waals surface area contributed by atoms with Crippen molar-refractivity contribution in [3.63, 3.8) is 0 Å². The molecule has 136 valence electrons. The number of hydrogen-bond acceptors (Lipinski definition) is 6. The molecule has 0 radical (unpaired) electrons. The summed E-state index contributed by atoms with van der Waals surface area (Å²) in [7, 11) is 1.66. The van der Waals surface area contributed by atoms with E-state index < -0.39 is 6.10 Å². The minimum atomic E-state index is -0.612. The molecule has 5 nitrogen and oxygen atoms in total. The fourth-order valence-corrected chi connectivity index (χ4v) is 3.89. The van der Waals surface area contributed by atoms with E-state index in [-0.39, 0.29) is 0 Å². The van der Waals surface area contributed by atoms with E-state index in [1.165, 1.54) is 0 Å². The molecule has 6 heteroatoms. The molecule has 2 aromatic heterocycles. The van der Waals surface area contributed by atoms with Crippen molar-refractivity contribution in [2.45, 2.75) is 6.10 Å². The van der Waals surface area contributed by atoms with Crippen LogP contribution in [0.25, 0.3) is 21.3 Å². The molecule has 0 saturated heterocycles. The lowest BCUT2D eigenvalue weighted by Gasteiger charge is -2.13. The number of rotatable bonds is 6. The van der Waals surface area contributed by atoms with Crippen molar-refractivity contribution in [2.75, 3.05) is 19.0 Å². The third-order valence-electron chi connectivity index (χ3n) is 4.42. The molecular formula is C21H19N3O2S. The number of hydrogen-bond donors (Lipinski definition) is 2. The number of aromatic nitrogens is 2. The zero-order valence-electron chi connectivity index (χ0n) is 14.8. The Kier molecular flexibility index (Phi) is 5.00. The maximum atomic E-state index is 10.4. The van der Waals surface area contributed by atoms with Gasteiger partial charge in [0.2, 0.25) is 0 Å². The fourth-order valence-electron chi connectivity index (χ4n) is 2.98. The molecule has 4 rings (SSSR count). The highest BCUT2D eigenvalue weighted by atomic mass is 32.1. The lowest BCUT2D eigenvalue weighted by atomic mass is 10.1. The molecule has 0 aliphatic carbocycles. The number of anilines is 1. The smallest absolute Gasteiger partial charge is 0.138 e. The number of ether oxygens (including phenoxy) is 1. The summed E-state index contributed by atoms with van der Waals surface area (Å²) in [5.41, 5.74) is 3.01. The number of thiophene rings is 1. The predicted octanol–water partition coefficient (Wildman–Crippen LogP) is 4.51. The summed E-state index contributed by atoms with van der Waals surface area (Å²) in [5.74, 6) is 1.54. The molecule has 0 spiro atoms. The van der Waals surface area contributed by atoms with Crippen LogP contribution < -0.4 is 10.1 Å². The lowest BCUT2D eigenvalue weighted by molar-refractivity contribution is 0.191. The van der Waals surface area contributed by atoms with Crippen LogP contribution >= 0.6 is 11.3 Å². The standard InChI is InChI=1S/C21H19N3O2S/c1-26-16-9-7-14(8-10-16)17-12-27-21-19(17)20(23-13-24-21)22-11-18(25)15-5-3-2-4-6-15/h2-10,12-13,18,25H,11H2,1H3,(H,22,23,24)/t18-/m0/s1. The maximum Gasteiger partial charge on any atom is 0.138 e. The van der Waals surface area contributed by atoms with Crippen molar-refractivity contribution >= 4 is 27.4 Å². The monoisotopic (exact) mass is 377 g/mol. The Morgan fingerprint density at radius 1 is 1.07 bits per heavy atom. The summed E-state index contributed by atoms with van der Waals surface area (Å²) in [6.07, 6.45) is 0.938. The Morgan fingerprint density at radius 3 is 2.59 bits per heavy atom. The van der Waals surface area contributed by atoms with Gasteiger partial charge in [-0.25, -0.2) is 9.97 Å². The summed E-state index contributed by atoms with van der Waals surface area (Å²) in [6, 6.07) is 17.5. The number of aliphatic hydroxyl groups is 1. The Labute approximate surface area is 161 Å². The van der Waals surface area contributed by atoms with Crippen molar-refractivity contribution < 1.29 is 9.84 Å². The number of fused-ring (bicyclic) bond motifs is 1. The Balaban J connectivity index is 1.64. The molecule has 0 aliphatic rings. The van der Waals surface area contributed by atoms with E-state index in [0.29, 0.717) is 6.54 Å². The summed E-state index contributed by atoms with van der Waals surface area (Å²) in [5, 5.41) is 16.8. The van der Waals surface area contributed by atoms with E-state index in [9.17, 15) is 5.11 Å². The normalized spacial score (nSPS) is 12.1. The molecule has 0 saturated carbocycles. The predicted molar refractivity (Wildman–Crippen MR) is 109 cm³/mol. The van der Waals surface area contributed by atoms with Crippen LogP contribution in [0.5, 0.6) is 5.75 Å². The van der Waals surface area contributed by atoms with E-state index in [2.05, 4.69) is 20.7 Å². The van der Waals surface area contributed by atoms with Gasteiger partial charge in [0.25, 0.3) is 0 Å². The number of nitrogens with zero attached hydrogens (tertiary/aromatic N) is 2. The van der Waals surface area contributed by atoms with Gasteiger partial charge >= 0.3 is 0 Å². The van der Waals surface area contributed by atoms with Gasteiger partial charge in [0, 0.05) is 17.5 Å². The highest BCUT2D eigenvalue weighted by Gasteiger charge is 2.14. The highest BCUT2D eigenvalue weighted by molar-refractivity contribution is 7.17. The summed E-state index contributed by atoms with van der Waals surface area (Å²) in [6.45, 7) is 0.369. The van der Waals surface area contributed by atoms with E-state index in [1.807, 2.05) is 54.6 Å². The van der Waals surface area contributed by atoms with Crippen LogP contribution in [0.2, 0.25) is 0 Å². The van der Waals surface area contributed by atoms with Gasteiger partial charge in [-0.05, 0) is 23.3 Å². The van der Waals surface area contributed by atoms with Crippen LogP contribution in [0.4, 0.5) is 5.82 Å². The third kappa shape index (κ3) is 3.63. The topological polar surface area (TPSA) is 67.3 Å². The maximum absolute atomic E-state index is 10.4. The molecule has 2 N–H and O–H groups in total. The molecular weight excluding hydrogens is 358 g/mol. The highest BCUT2D eigenvalue weighted by Crippen LogP contribution is 2.37. The average Bonchev–Trinajstić information content (AvgIpc) is 3.17. The molecule has 4 aromatic rings. The second kappa shape index (κ2) is 7.73. The molecule has 0 aliphatic heterocycles. The molecule has 0 bridgehead atoms. The quantitative estimate of drug-likeness (QED) is 0.517. The van der Waals surface area contributed by atoms with Crippen LogP contribution in [0, 0.1) is 0 Å². The number of aliphatic hydroxyl groups excluding tert-OH is 1. The second-order valence-corrected chi connectivity index (χ2v) is 6.95. The zero-order chi connectivity index (χ0) is 18.6. The van der Waals surface area contributed by atoms with Gasteiger partial charge in [0.15, 0.2) is 0 Å². The first-order valence-corrected chi connectivity index (χ1v) is 9.47. The van der Waals surface area contributed by atoms with Crippen LogP contribution in [-0.2, 0) is 0 Å². The van der Waals surface area contributed by atoms with Gasteiger partial charge in [0.05, 0.1) is 18.6 Å². The van der Waals surface area contributed by atoms with E-state index >= 15 is 0 Å². The Bertz CT molecular complexity index is 1030. The van der Waals surface area contributed by atoms with E-state index in [0.717, 1.165) is 38.5 Å². The molecule has 0 fully saturated rings. The Hall–Kier alpha value is -2.96. The van der Waals surface area contributed by atoms with Crippen LogP contribution in [-0.4, -0.2) is 28.7 Å². The number of benzene rings is 2. The third-order valence-corrected chi connectivity index (χ3v) is 5.30. The molecule has 1 atom stereocenters. The van der Waals surface area contributed by atoms with Crippen molar-refractivity contribution in [1.29, 1.82) is 0 Å². The van der Waals surface area contributed by atoms with Crippen LogP contribution in [0.1, 0.15) is 11.7 Å². The van der Waals surface area contributed by atoms with E-state index in [4.69, 9.17) is 4.74 Å².